The van der Waals surface area contributed by atoms with E-state index < -0.39 is 17.9 Å². The molecular formula is C21H38N4O9. The molecule has 0 saturated carbocycles. The number of rotatable bonds is 8. The molecule has 1 heterocycles. The Morgan fingerprint density at radius 3 is 1.03 bits per heavy atom. The Kier molecular flexibility index (Phi) is 15.2. The summed E-state index contributed by atoms with van der Waals surface area (Å²) in [6.07, 6.45) is 0. The summed E-state index contributed by atoms with van der Waals surface area (Å²) in [5.74, 6) is -2.93. The zero-order chi connectivity index (χ0) is 25.3. The SMILES string of the molecule is CC(=O)CN1CCOCCN(CC(=O)O)CCN(CC(=O)O)CCOCCN(CC(=O)O)CC1. The summed E-state index contributed by atoms with van der Waals surface area (Å²) in [7, 11) is 0. The molecule has 0 bridgehead atoms. The summed E-state index contributed by atoms with van der Waals surface area (Å²) >= 11 is 0. The van der Waals surface area contributed by atoms with E-state index in [1.807, 2.05) is 4.90 Å². The maximum atomic E-state index is 11.6. The minimum Gasteiger partial charge on any atom is -0.480 e. The van der Waals surface area contributed by atoms with Crippen LogP contribution in [0, 0.1) is 0 Å². The van der Waals surface area contributed by atoms with E-state index >= 15 is 0 Å². The first-order valence-corrected chi connectivity index (χ1v) is 11.4. The van der Waals surface area contributed by atoms with Gasteiger partial charge in [-0.15, -0.1) is 0 Å². The van der Waals surface area contributed by atoms with Gasteiger partial charge in [0.2, 0.25) is 0 Å². The van der Waals surface area contributed by atoms with Crippen LogP contribution in [0.1, 0.15) is 6.92 Å². The van der Waals surface area contributed by atoms with Gasteiger partial charge < -0.3 is 24.8 Å². The van der Waals surface area contributed by atoms with E-state index in [9.17, 15) is 34.5 Å². The van der Waals surface area contributed by atoms with Crippen molar-refractivity contribution in [2.45, 2.75) is 6.92 Å². The van der Waals surface area contributed by atoms with Crippen LogP contribution in [0.2, 0.25) is 0 Å². The van der Waals surface area contributed by atoms with Gasteiger partial charge in [-0.05, 0) is 6.92 Å². The molecule has 0 spiro atoms. The van der Waals surface area contributed by atoms with Crippen molar-refractivity contribution < 1.29 is 44.0 Å². The number of carboxylic acid groups (broad SMARTS) is 3. The van der Waals surface area contributed by atoms with Crippen molar-refractivity contribution in [2.75, 3.05) is 105 Å². The number of ketones is 1. The standard InChI is InChI=1S/C21H38N4O9/c1-18(26)14-22-2-3-23(15-19(27)28)7-12-34-13-9-25(17-21(31)32)5-4-24(16-20(29)30)8-11-33-10-6-22/h2-17H2,1H3,(H,27,28)(H,29,30)(H,31,32). The third-order valence-electron chi connectivity index (χ3n) is 5.20. The molecule has 1 aliphatic heterocycles. The molecule has 0 aliphatic carbocycles. The summed E-state index contributed by atoms with van der Waals surface area (Å²) in [5, 5.41) is 27.5. The second-order valence-electron chi connectivity index (χ2n) is 8.21. The van der Waals surface area contributed by atoms with E-state index in [0.717, 1.165) is 0 Å². The molecule has 0 atom stereocenters. The Morgan fingerprint density at radius 1 is 0.529 bits per heavy atom. The lowest BCUT2D eigenvalue weighted by molar-refractivity contribution is -0.140. The van der Waals surface area contributed by atoms with Crippen molar-refractivity contribution in [3.8, 4) is 0 Å². The van der Waals surface area contributed by atoms with Crippen LogP contribution in [0.15, 0.2) is 0 Å². The third-order valence-corrected chi connectivity index (χ3v) is 5.20. The largest absolute Gasteiger partial charge is 0.480 e. The Morgan fingerprint density at radius 2 is 0.794 bits per heavy atom. The summed E-state index contributed by atoms with van der Waals surface area (Å²) < 4.78 is 11.3. The first-order chi connectivity index (χ1) is 16.2. The normalized spacial score (nSPS) is 20.3. The molecule has 13 nitrogen and oxygen atoms in total. The van der Waals surface area contributed by atoms with Crippen LogP contribution in [0.4, 0.5) is 0 Å². The van der Waals surface area contributed by atoms with Gasteiger partial charge in [0, 0.05) is 52.4 Å². The topological polar surface area (TPSA) is 160 Å². The quantitative estimate of drug-likeness (QED) is 0.346. The number of carboxylic acids is 3. The molecule has 196 valence electrons. The molecule has 0 unspecified atom stereocenters. The molecule has 1 fully saturated rings. The molecule has 0 aromatic heterocycles. The lowest BCUT2D eigenvalue weighted by atomic mass is 10.3. The Hall–Kier alpha value is -2.16. The van der Waals surface area contributed by atoms with Crippen molar-refractivity contribution >= 4 is 23.7 Å². The van der Waals surface area contributed by atoms with Gasteiger partial charge in [-0.2, -0.15) is 0 Å². The minimum absolute atomic E-state index is 0.00573. The first-order valence-electron chi connectivity index (χ1n) is 11.4. The monoisotopic (exact) mass is 490 g/mol. The number of ether oxygens (including phenoxy) is 2. The van der Waals surface area contributed by atoms with E-state index in [1.54, 1.807) is 14.7 Å². The lowest BCUT2D eigenvalue weighted by Crippen LogP contribution is -2.43. The molecule has 13 heteroatoms. The van der Waals surface area contributed by atoms with Crippen molar-refractivity contribution in [1.29, 1.82) is 0 Å². The second-order valence-corrected chi connectivity index (χ2v) is 8.21. The van der Waals surface area contributed by atoms with E-state index in [-0.39, 0.29) is 51.8 Å². The summed E-state index contributed by atoms with van der Waals surface area (Å²) in [6.45, 7) is 5.51. The average Bonchev–Trinajstić information content (AvgIpc) is 2.72. The predicted octanol–water partition coefficient (Wildman–Crippen LogP) is -1.92. The number of hydrogen-bond acceptors (Lipinski definition) is 10. The van der Waals surface area contributed by atoms with Crippen LogP contribution in [0.3, 0.4) is 0 Å². The zero-order valence-electron chi connectivity index (χ0n) is 19.9. The van der Waals surface area contributed by atoms with E-state index in [4.69, 9.17) is 9.47 Å². The average molecular weight is 491 g/mol. The molecule has 1 rings (SSSR count). The van der Waals surface area contributed by atoms with Crippen LogP contribution in [-0.2, 0) is 28.7 Å². The van der Waals surface area contributed by atoms with Crippen molar-refractivity contribution in [2.24, 2.45) is 0 Å². The fraction of sp³-hybridized carbons (Fsp3) is 0.810. The van der Waals surface area contributed by atoms with Gasteiger partial charge in [0.1, 0.15) is 5.78 Å². The highest BCUT2D eigenvalue weighted by Crippen LogP contribution is 1.99. The molecule has 1 saturated heterocycles. The van der Waals surface area contributed by atoms with Gasteiger partial charge in [-0.3, -0.25) is 38.8 Å². The summed E-state index contributed by atoms with van der Waals surface area (Å²) in [5.41, 5.74) is 0. The van der Waals surface area contributed by atoms with Crippen LogP contribution < -0.4 is 0 Å². The molecule has 0 amide bonds. The molecule has 3 N–H and O–H groups in total. The number of carbonyl (C=O) groups excluding carboxylic acids is 1. The Labute approximate surface area is 199 Å². The van der Waals surface area contributed by atoms with Crippen LogP contribution in [0.5, 0.6) is 0 Å². The predicted molar refractivity (Wildman–Crippen MR) is 121 cm³/mol. The third kappa shape index (κ3) is 15.6. The summed E-state index contributed by atoms with van der Waals surface area (Å²) in [6, 6.07) is 0. The molecule has 0 aromatic rings. The highest BCUT2D eigenvalue weighted by atomic mass is 16.5. The smallest absolute Gasteiger partial charge is 0.317 e. The zero-order valence-corrected chi connectivity index (χ0v) is 19.9. The summed E-state index contributed by atoms with van der Waals surface area (Å²) in [4.78, 5) is 52.3. The van der Waals surface area contributed by atoms with Crippen LogP contribution in [0.25, 0.3) is 0 Å². The molecule has 34 heavy (non-hydrogen) atoms. The first kappa shape index (κ1) is 29.9. The lowest BCUT2D eigenvalue weighted by Gasteiger charge is -2.28. The van der Waals surface area contributed by atoms with Gasteiger partial charge in [0.15, 0.2) is 0 Å². The maximum Gasteiger partial charge on any atom is 0.317 e. The number of Topliss-reactive ketones (excluding diaryl/α,β-unsaturated/α-hetero) is 1. The number of aliphatic carboxylic acids is 3. The van der Waals surface area contributed by atoms with Gasteiger partial charge in [0.25, 0.3) is 0 Å². The molecule has 0 radical (unpaired) electrons. The Balaban J connectivity index is 2.82. The highest BCUT2D eigenvalue weighted by molar-refractivity contribution is 5.77. The second kappa shape index (κ2) is 17.3. The van der Waals surface area contributed by atoms with E-state index in [0.29, 0.717) is 59.0 Å². The van der Waals surface area contributed by atoms with Gasteiger partial charge in [-0.1, -0.05) is 0 Å². The Bertz CT molecular complexity index is 544. The molecule has 0 aromatic carbocycles. The fourth-order valence-electron chi connectivity index (χ4n) is 3.51. The van der Waals surface area contributed by atoms with Gasteiger partial charge in [-0.25, -0.2) is 0 Å². The van der Waals surface area contributed by atoms with Crippen molar-refractivity contribution in [3.05, 3.63) is 0 Å². The number of carbonyl (C=O) groups is 4. The number of nitrogens with zero attached hydrogens (tertiary/aromatic N) is 4. The van der Waals surface area contributed by atoms with Crippen LogP contribution >= 0.6 is 0 Å². The minimum atomic E-state index is -0.988. The van der Waals surface area contributed by atoms with E-state index in [2.05, 4.69) is 0 Å². The maximum absolute atomic E-state index is 11.6. The molecular weight excluding hydrogens is 452 g/mol. The fourth-order valence-corrected chi connectivity index (χ4v) is 3.51. The van der Waals surface area contributed by atoms with Gasteiger partial charge >= 0.3 is 17.9 Å². The number of hydrogen-bond donors (Lipinski definition) is 3. The molecule has 1 aliphatic rings. The van der Waals surface area contributed by atoms with Crippen molar-refractivity contribution in [3.63, 3.8) is 0 Å². The van der Waals surface area contributed by atoms with Crippen LogP contribution in [-0.4, -0.2) is 164 Å². The van der Waals surface area contributed by atoms with E-state index in [1.165, 1.54) is 6.92 Å². The highest BCUT2D eigenvalue weighted by Gasteiger charge is 2.17. The van der Waals surface area contributed by atoms with Crippen molar-refractivity contribution in [1.82, 2.24) is 19.6 Å². The van der Waals surface area contributed by atoms with Gasteiger partial charge in [0.05, 0.1) is 52.6 Å².